The molecule has 4 nitrogen and oxygen atoms in total. The van der Waals surface area contributed by atoms with Gasteiger partial charge in [0.1, 0.15) is 0 Å². The fourth-order valence-corrected chi connectivity index (χ4v) is 2.37. The third kappa shape index (κ3) is 5.57. The Kier molecular flexibility index (Phi) is 5.49. The fraction of sp³-hybridized carbons (Fsp3) is 0.833. The van der Waals surface area contributed by atoms with Crippen molar-refractivity contribution in [1.82, 2.24) is 19.8 Å². The van der Waals surface area contributed by atoms with Crippen LogP contribution in [0.1, 0.15) is 38.3 Å². The van der Waals surface area contributed by atoms with E-state index >= 15 is 0 Å². The van der Waals surface area contributed by atoms with Crippen LogP contribution < -0.4 is 5.32 Å². The molecule has 1 aromatic heterocycles. The van der Waals surface area contributed by atoms with Crippen molar-refractivity contribution in [1.29, 1.82) is 0 Å². The third-order valence-corrected chi connectivity index (χ3v) is 3.28. The van der Waals surface area contributed by atoms with Gasteiger partial charge in [-0.05, 0) is 45.8 Å². The highest BCUT2D eigenvalue weighted by Crippen LogP contribution is 2.13. The monoisotopic (exact) mass is 256 g/mol. The molecular weight excluding hydrogens is 232 g/mol. The van der Waals surface area contributed by atoms with Crippen molar-refractivity contribution in [3.8, 4) is 0 Å². The lowest BCUT2D eigenvalue weighted by molar-refractivity contribution is 0.304. The molecule has 0 radical (unpaired) electrons. The first-order chi connectivity index (χ1) is 7.92. The van der Waals surface area contributed by atoms with Crippen molar-refractivity contribution < 1.29 is 0 Å². The summed E-state index contributed by atoms with van der Waals surface area (Å²) in [6, 6.07) is 0. The van der Waals surface area contributed by atoms with Crippen LogP contribution in [-0.2, 0) is 13.0 Å². The molecule has 0 atom stereocenters. The minimum atomic E-state index is 0.196. The maximum absolute atomic E-state index is 4.13. The van der Waals surface area contributed by atoms with Gasteiger partial charge in [0.25, 0.3) is 0 Å². The molecule has 0 aliphatic heterocycles. The van der Waals surface area contributed by atoms with Crippen molar-refractivity contribution in [2.24, 2.45) is 0 Å². The summed E-state index contributed by atoms with van der Waals surface area (Å²) in [5.41, 5.74) is 1.34. The van der Waals surface area contributed by atoms with E-state index in [-0.39, 0.29) is 5.54 Å². The van der Waals surface area contributed by atoms with Gasteiger partial charge in [0.05, 0.1) is 10.6 Å². The maximum Gasteiger partial charge on any atom is 0.0798 e. The van der Waals surface area contributed by atoms with Gasteiger partial charge in [0, 0.05) is 25.2 Å². The number of nitrogens with one attached hydrogen (secondary N) is 1. The van der Waals surface area contributed by atoms with E-state index < -0.39 is 0 Å². The Morgan fingerprint density at radius 3 is 2.65 bits per heavy atom. The van der Waals surface area contributed by atoms with Crippen molar-refractivity contribution >= 4 is 11.5 Å². The molecule has 5 heteroatoms. The number of nitrogens with zero attached hydrogens (tertiary/aromatic N) is 3. The Morgan fingerprint density at radius 2 is 2.06 bits per heavy atom. The predicted octanol–water partition coefficient (Wildman–Crippen LogP) is 1.92. The quantitative estimate of drug-likeness (QED) is 0.844. The summed E-state index contributed by atoms with van der Waals surface area (Å²) in [6.07, 6.45) is 0.972. The summed E-state index contributed by atoms with van der Waals surface area (Å²) in [7, 11) is 2.14. The molecule has 0 aliphatic carbocycles. The van der Waals surface area contributed by atoms with Gasteiger partial charge in [-0.1, -0.05) is 11.4 Å². The highest BCUT2D eigenvalue weighted by atomic mass is 32.1. The highest BCUT2D eigenvalue weighted by molar-refractivity contribution is 7.05. The minimum Gasteiger partial charge on any atom is -0.311 e. The molecule has 0 bridgehead atoms. The standard InChI is InChI=1S/C12H24N4S/c1-6-10-11(17-15-14-10)9-16(5)8-7-13-12(2,3)4/h13H,6-9H2,1-5H3. The van der Waals surface area contributed by atoms with Crippen LogP contribution >= 0.6 is 11.5 Å². The number of hydrogen-bond donors (Lipinski definition) is 1. The number of aryl methyl sites for hydroxylation is 1. The Balaban J connectivity index is 2.32. The van der Waals surface area contributed by atoms with Crippen LogP contribution in [0.4, 0.5) is 0 Å². The summed E-state index contributed by atoms with van der Waals surface area (Å²) in [5.74, 6) is 0. The summed E-state index contributed by atoms with van der Waals surface area (Å²) in [5, 5.41) is 7.62. The molecule has 0 unspecified atom stereocenters. The average Bonchev–Trinajstić information content (AvgIpc) is 2.63. The van der Waals surface area contributed by atoms with Gasteiger partial charge in [-0.25, -0.2) is 0 Å². The molecule has 0 aliphatic rings. The second-order valence-corrected chi connectivity index (χ2v) is 6.25. The lowest BCUT2D eigenvalue weighted by Gasteiger charge is -2.23. The van der Waals surface area contributed by atoms with Gasteiger partial charge < -0.3 is 5.32 Å². The molecule has 0 saturated heterocycles. The SMILES string of the molecule is CCc1nnsc1CN(C)CCNC(C)(C)C. The first-order valence-corrected chi connectivity index (χ1v) is 6.93. The molecule has 0 fully saturated rings. The first-order valence-electron chi connectivity index (χ1n) is 6.16. The minimum absolute atomic E-state index is 0.196. The van der Waals surface area contributed by atoms with Gasteiger partial charge in [-0.3, -0.25) is 4.90 Å². The average molecular weight is 256 g/mol. The zero-order valence-corrected chi connectivity index (χ0v) is 12.4. The fourth-order valence-electron chi connectivity index (χ4n) is 1.56. The smallest absolute Gasteiger partial charge is 0.0798 e. The van der Waals surface area contributed by atoms with Crippen molar-refractivity contribution in [2.45, 2.75) is 46.2 Å². The van der Waals surface area contributed by atoms with E-state index in [1.54, 1.807) is 0 Å². The topological polar surface area (TPSA) is 41.1 Å². The highest BCUT2D eigenvalue weighted by Gasteiger charge is 2.11. The third-order valence-electron chi connectivity index (χ3n) is 2.53. The maximum atomic E-state index is 4.13. The van der Waals surface area contributed by atoms with Gasteiger partial charge in [0.2, 0.25) is 0 Å². The van der Waals surface area contributed by atoms with E-state index in [2.05, 4.69) is 54.5 Å². The lowest BCUT2D eigenvalue weighted by atomic mass is 10.1. The Morgan fingerprint density at radius 1 is 1.35 bits per heavy atom. The molecule has 0 saturated carbocycles. The molecule has 98 valence electrons. The predicted molar refractivity (Wildman–Crippen MR) is 73.4 cm³/mol. The zero-order valence-electron chi connectivity index (χ0n) is 11.6. The van der Waals surface area contributed by atoms with Gasteiger partial charge >= 0.3 is 0 Å². The Hall–Kier alpha value is -0.520. The molecule has 1 rings (SSSR count). The summed E-state index contributed by atoms with van der Waals surface area (Å²) in [6.45, 7) is 11.7. The summed E-state index contributed by atoms with van der Waals surface area (Å²) < 4.78 is 4.01. The molecular formula is C12H24N4S. The second-order valence-electron chi connectivity index (χ2n) is 5.41. The van der Waals surface area contributed by atoms with E-state index in [1.807, 2.05) is 0 Å². The second kappa shape index (κ2) is 6.42. The summed E-state index contributed by atoms with van der Waals surface area (Å²) >= 11 is 1.52. The first kappa shape index (κ1) is 14.5. The number of likely N-dealkylation sites (N-methyl/N-ethyl adjacent to an activating group) is 1. The number of hydrogen-bond acceptors (Lipinski definition) is 5. The molecule has 1 aromatic rings. The van der Waals surface area contributed by atoms with Crippen molar-refractivity contribution in [3.63, 3.8) is 0 Å². The van der Waals surface area contributed by atoms with E-state index in [4.69, 9.17) is 0 Å². The molecule has 0 aromatic carbocycles. The molecule has 17 heavy (non-hydrogen) atoms. The lowest BCUT2D eigenvalue weighted by Crippen LogP contribution is -2.40. The van der Waals surface area contributed by atoms with Crippen LogP contribution in [0.25, 0.3) is 0 Å². The normalized spacial score (nSPS) is 12.4. The van der Waals surface area contributed by atoms with E-state index in [1.165, 1.54) is 16.4 Å². The van der Waals surface area contributed by atoms with Gasteiger partial charge in [-0.2, -0.15) is 0 Å². The van der Waals surface area contributed by atoms with Crippen molar-refractivity contribution in [3.05, 3.63) is 10.6 Å². The van der Waals surface area contributed by atoms with E-state index in [0.29, 0.717) is 0 Å². The molecule has 1 heterocycles. The van der Waals surface area contributed by atoms with Crippen LogP contribution in [0.15, 0.2) is 0 Å². The molecule has 0 spiro atoms. The largest absolute Gasteiger partial charge is 0.311 e. The number of rotatable bonds is 6. The Labute approximate surface area is 109 Å². The van der Waals surface area contributed by atoms with E-state index in [0.717, 1.165) is 31.7 Å². The molecule has 1 N–H and O–H groups in total. The van der Waals surface area contributed by atoms with Crippen molar-refractivity contribution in [2.75, 3.05) is 20.1 Å². The molecule has 0 amide bonds. The van der Waals surface area contributed by atoms with E-state index in [9.17, 15) is 0 Å². The van der Waals surface area contributed by atoms with Gasteiger partial charge in [0.15, 0.2) is 0 Å². The Bertz CT molecular complexity index is 329. The zero-order chi connectivity index (χ0) is 12.9. The van der Waals surface area contributed by atoms with Crippen LogP contribution in [0.5, 0.6) is 0 Å². The number of aromatic nitrogens is 2. The summed E-state index contributed by atoms with van der Waals surface area (Å²) in [4.78, 5) is 3.61. The van der Waals surface area contributed by atoms with Crippen LogP contribution in [0, 0.1) is 0 Å². The van der Waals surface area contributed by atoms with Crippen LogP contribution in [0.2, 0.25) is 0 Å². The van der Waals surface area contributed by atoms with Crippen LogP contribution in [0.3, 0.4) is 0 Å². The van der Waals surface area contributed by atoms with Gasteiger partial charge in [-0.15, -0.1) is 5.10 Å². The van der Waals surface area contributed by atoms with Crippen LogP contribution in [-0.4, -0.2) is 40.2 Å².